The molecule has 0 saturated heterocycles. The predicted octanol–water partition coefficient (Wildman–Crippen LogP) is 2.14. The molecule has 0 aromatic rings. The van der Waals surface area contributed by atoms with Crippen molar-refractivity contribution in [1.29, 1.82) is 0 Å². The van der Waals surface area contributed by atoms with E-state index in [-0.39, 0.29) is 0 Å². The average Bonchev–Trinajstić information content (AvgIpc) is 2.14. The van der Waals surface area contributed by atoms with Gasteiger partial charge < -0.3 is 10.1 Å². The summed E-state index contributed by atoms with van der Waals surface area (Å²) in [6.07, 6.45) is 4.75. The molecule has 0 aliphatic rings. The lowest BCUT2D eigenvalue weighted by Crippen LogP contribution is -2.31. The summed E-state index contributed by atoms with van der Waals surface area (Å²) in [5, 5.41) is 3.44. The Morgan fingerprint density at radius 1 is 1.38 bits per heavy atom. The summed E-state index contributed by atoms with van der Waals surface area (Å²) in [6, 6.07) is 0.495. The first-order valence-corrected chi connectivity index (χ1v) is 6.50. The molecule has 1 atom stereocenters. The van der Waals surface area contributed by atoms with E-state index in [4.69, 9.17) is 4.74 Å². The molecule has 0 aliphatic heterocycles. The van der Waals surface area contributed by atoms with Gasteiger partial charge in [-0.3, -0.25) is 0 Å². The van der Waals surface area contributed by atoms with Gasteiger partial charge in [-0.05, 0) is 45.2 Å². The fraction of sp³-hybridized carbons (Fsp3) is 1.00. The molecule has 1 unspecified atom stereocenters. The van der Waals surface area contributed by atoms with Gasteiger partial charge in [-0.15, -0.1) is 0 Å². The van der Waals surface area contributed by atoms with E-state index in [2.05, 4.69) is 18.5 Å². The van der Waals surface area contributed by atoms with Crippen molar-refractivity contribution >= 4 is 11.8 Å². The molecule has 0 aromatic carbocycles. The van der Waals surface area contributed by atoms with E-state index in [0.29, 0.717) is 6.04 Å². The normalized spacial score (nSPS) is 13.2. The van der Waals surface area contributed by atoms with Crippen molar-refractivity contribution in [2.45, 2.75) is 32.7 Å². The third kappa shape index (κ3) is 10.2. The first kappa shape index (κ1) is 13.3. The minimum atomic E-state index is 0.495. The Hall–Kier alpha value is 0.270. The molecule has 0 saturated carbocycles. The monoisotopic (exact) mass is 205 g/mol. The number of nitrogens with one attached hydrogen (secondary N) is 1. The minimum Gasteiger partial charge on any atom is -0.380 e. The van der Waals surface area contributed by atoms with Crippen molar-refractivity contribution in [3.63, 3.8) is 0 Å². The maximum atomic E-state index is 5.31. The number of ether oxygens (including phenoxy) is 1. The summed E-state index contributed by atoms with van der Waals surface area (Å²) in [7, 11) is 0. The summed E-state index contributed by atoms with van der Waals surface area (Å²) in [4.78, 5) is 0. The van der Waals surface area contributed by atoms with Gasteiger partial charge in [0.2, 0.25) is 0 Å². The molecule has 0 heterocycles. The zero-order valence-corrected chi connectivity index (χ0v) is 9.95. The van der Waals surface area contributed by atoms with Crippen LogP contribution in [0.2, 0.25) is 0 Å². The van der Waals surface area contributed by atoms with Crippen molar-refractivity contribution in [1.82, 2.24) is 5.32 Å². The van der Waals surface area contributed by atoms with Crippen LogP contribution in [0.1, 0.15) is 26.7 Å². The topological polar surface area (TPSA) is 21.3 Å². The standard InChI is InChI=1S/C10H23NOS/c1-4-12-9-10(2)11-7-5-6-8-13-3/h10-11H,4-9H2,1-3H3. The second-order valence-corrected chi connectivity index (χ2v) is 4.20. The van der Waals surface area contributed by atoms with E-state index >= 15 is 0 Å². The highest BCUT2D eigenvalue weighted by Crippen LogP contribution is 1.98. The highest BCUT2D eigenvalue weighted by Gasteiger charge is 1.98. The molecule has 1 N–H and O–H groups in total. The van der Waals surface area contributed by atoms with Crippen LogP contribution in [0.3, 0.4) is 0 Å². The van der Waals surface area contributed by atoms with E-state index in [1.54, 1.807) is 0 Å². The Kier molecular flexibility index (Phi) is 10.6. The average molecular weight is 205 g/mol. The zero-order chi connectivity index (χ0) is 9.94. The second kappa shape index (κ2) is 10.4. The Morgan fingerprint density at radius 2 is 2.15 bits per heavy atom. The van der Waals surface area contributed by atoms with Crippen LogP contribution in [-0.2, 0) is 4.74 Å². The van der Waals surface area contributed by atoms with Gasteiger partial charge in [0.1, 0.15) is 0 Å². The summed E-state index contributed by atoms with van der Waals surface area (Å²) in [6.45, 7) is 6.97. The molecule has 80 valence electrons. The minimum absolute atomic E-state index is 0.495. The molecule has 0 radical (unpaired) electrons. The number of thioether (sulfide) groups is 1. The maximum absolute atomic E-state index is 5.31. The number of rotatable bonds is 9. The number of hydrogen-bond acceptors (Lipinski definition) is 3. The first-order valence-electron chi connectivity index (χ1n) is 5.11. The van der Waals surface area contributed by atoms with E-state index in [0.717, 1.165) is 19.8 Å². The van der Waals surface area contributed by atoms with Gasteiger partial charge in [-0.2, -0.15) is 11.8 Å². The summed E-state index contributed by atoms with van der Waals surface area (Å²) >= 11 is 1.92. The Morgan fingerprint density at radius 3 is 2.77 bits per heavy atom. The lowest BCUT2D eigenvalue weighted by atomic mass is 10.3. The van der Waals surface area contributed by atoms with Crippen molar-refractivity contribution in [3.8, 4) is 0 Å². The van der Waals surface area contributed by atoms with Crippen LogP contribution >= 0.6 is 11.8 Å². The third-order valence-electron chi connectivity index (χ3n) is 1.84. The quantitative estimate of drug-likeness (QED) is 0.583. The molecule has 0 spiro atoms. The largest absolute Gasteiger partial charge is 0.380 e. The van der Waals surface area contributed by atoms with Crippen LogP contribution in [0.5, 0.6) is 0 Å². The molecule has 0 aliphatic carbocycles. The Balaban J connectivity index is 3.03. The Bertz CT molecular complexity index is 101. The Labute approximate surface area is 86.8 Å². The molecular formula is C10H23NOS. The number of hydrogen-bond donors (Lipinski definition) is 1. The maximum Gasteiger partial charge on any atom is 0.0616 e. The molecule has 0 aromatic heterocycles. The van der Waals surface area contributed by atoms with Gasteiger partial charge in [0, 0.05) is 12.6 Å². The fourth-order valence-corrected chi connectivity index (χ4v) is 1.57. The lowest BCUT2D eigenvalue weighted by molar-refractivity contribution is 0.127. The van der Waals surface area contributed by atoms with Crippen molar-refractivity contribution in [2.75, 3.05) is 31.8 Å². The molecule has 3 heteroatoms. The molecule has 0 amide bonds. The number of unbranched alkanes of at least 4 members (excludes halogenated alkanes) is 1. The third-order valence-corrected chi connectivity index (χ3v) is 2.54. The lowest BCUT2D eigenvalue weighted by Gasteiger charge is -2.12. The van der Waals surface area contributed by atoms with Gasteiger partial charge in [-0.25, -0.2) is 0 Å². The highest BCUT2D eigenvalue weighted by molar-refractivity contribution is 7.98. The first-order chi connectivity index (χ1) is 6.31. The van der Waals surface area contributed by atoms with E-state index < -0.39 is 0 Å². The van der Waals surface area contributed by atoms with E-state index in [1.807, 2.05) is 18.7 Å². The summed E-state index contributed by atoms with van der Waals surface area (Å²) < 4.78 is 5.31. The van der Waals surface area contributed by atoms with Gasteiger partial charge in [0.05, 0.1) is 6.61 Å². The van der Waals surface area contributed by atoms with E-state index in [1.165, 1.54) is 18.6 Å². The van der Waals surface area contributed by atoms with Gasteiger partial charge >= 0.3 is 0 Å². The van der Waals surface area contributed by atoms with Crippen LogP contribution in [0.15, 0.2) is 0 Å². The SMILES string of the molecule is CCOCC(C)NCCCCSC. The molecule has 13 heavy (non-hydrogen) atoms. The van der Waals surface area contributed by atoms with Crippen molar-refractivity contribution < 1.29 is 4.74 Å². The van der Waals surface area contributed by atoms with Crippen LogP contribution < -0.4 is 5.32 Å². The van der Waals surface area contributed by atoms with Crippen LogP contribution in [0.4, 0.5) is 0 Å². The molecular weight excluding hydrogens is 182 g/mol. The van der Waals surface area contributed by atoms with Gasteiger partial charge in [-0.1, -0.05) is 0 Å². The van der Waals surface area contributed by atoms with Gasteiger partial charge in [0.15, 0.2) is 0 Å². The molecule has 0 bridgehead atoms. The molecule has 0 fully saturated rings. The van der Waals surface area contributed by atoms with Crippen LogP contribution in [-0.4, -0.2) is 37.8 Å². The zero-order valence-electron chi connectivity index (χ0n) is 9.14. The van der Waals surface area contributed by atoms with Gasteiger partial charge in [0.25, 0.3) is 0 Å². The van der Waals surface area contributed by atoms with E-state index in [9.17, 15) is 0 Å². The molecule has 2 nitrogen and oxygen atoms in total. The molecule has 0 rings (SSSR count). The fourth-order valence-electron chi connectivity index (χ4n) is 1.07. The van der Waals surface area contributed by atoms with Crippen LogP contribution in [0.25, 0.3) is 0 Å². The van der Waals surface area contributed by atoms with Crippen molar-refractivity contribution in [3.05, 3.63) is 0 Å². The smallest absolute Gasteiger partial charge is 0.0616 e. The van der Waals surface area contributed by atoms with Crippen LogP contribution in [0, 0.1) is 0 Å². The van der Waals surface area contributed by atoms with Crippen molar-refractivity contribution in [2.24, 2.45) is 0 Å². The summed E-state index contributed by atoms with van der Waals surface area (Å²) in [5.74, 6) is 1.28. The second-order valence-electron chi connectivity index (χ2n) is 3.21. The highest BCUT2D eigenvalue weighted by atomic mass is 32.2. The summed E-state index contributed by atoms with van der Waals surface area (Å²) in [5.41, 5.74) is 0. The predicted molar refractivity (Wildman–Crippen MR) is 61.6 cm³/mol.